The predicted octanol–water partition coefficient (Wildman–Crippen LogP) is 7.36. The Labute approximate surface area is 281 Å². The number of nitrogens with one attached hydrogen (secondary N) is 3. The molecule has 238 valence electrons. The number of thiazole rings is 1. The van der Waals surface area contributed by atoms with Crippen LogP contribution < -0.4 is 25.4 Å². The number of ether oxygens (including phenoxy) is 2. The summed E-state index contributed by atoms with van der Waals surface area (Å²) in [5, 5.41) is 10.5. The van der Waals surface area contributed by atoms with Crippen LogP contribution in [0.25, 0.3) is 17.3 Å². The lowest BCUT2D eigenvalue weighted by Gasteiger charge is -2.13. The van der Waals surface area contributed by atoms with Crippen molar-refractivity contribution in [2.24, 2.45) is 0 Å². The van der Waals surface area contributed by atoms with Gasteiger partial charge in [-0.2, -0.15) is 0 Å². The number of hydrogen-bond donors (Lipinski definition) is 3. The third kappa shape index (κ3) is 9.09. The second-order valence-electron chi connectivity index (χ2n) is 10.2. The van der Waals surface area contributed by atoms with Crippen molar-refractivity contribution in [3.8, 4) is 22.8 Å². The van der Waals surface area contributed by atoms with Crippen molar-refractivity contribution in [2.75, 3.05) is 24.9 Å². The van der Waals surface area contributed by atoms with Crippen LogP contribution in [-0.2, 0) is 9.59 Å². The van der Waals surface area contributed by atoms with Crippen molar-refractivity contribution in [3.05, 3.63) is 125 Å². The molecule has 9 nitrogen and oxygen atoms in total. The number of hydrogen-bond acceptors (Lipinski definition) is 8. The van der Waals surface area contributed by atoms with Crippen molar-refractivity contribution < 1.29 is 23.9 Å². The van der Waals surface area contributed by atoms with E-state index in [1.807, 2.05) is 60.8 Å². The smallest absolute Gasteiger partial charge is 0.272 e. The van der Waals surface area contributed by atoms with Gasteiger partial charge < -0.3 is 25.4 Å². The van der Waals surface area contributed by atoms with Crippen LogP contribution in [0.4, 0.5) is 10.8 Å². The number of rotatable bonds is 12. The van der Waals surface area contributed by atoms with Crippen LogP contribution >= 0.6 is 23.1 Å². The summed E-state index contributed by atoms with van der Waals surface area (Å²) in [5.41, 5.74) is 3.34. The zero-order valence-electron chi connectivity index (χ0n) is 25.9. The first-order valence-electron chi connectivity index (χ1n) is 14.5. The summed E-state index contributed by atoms with van der Waals surface area (Å²) in [7, 11) is 3.17. The molecule has 0 aliphatic carbocycles. The average molecular weight is 665 g/mol. The lowest BCUT2D eigenvalue weighted by atomic mass is 10.1. The molecule has 3 N–H and O–H groups in total. The van der Waals surface area contributed by atoms with Gasteiger partial charge in [0.1, 0.15) is 17.2 Å². The molecule has 0 aliphatic heterocycles. The van der Waals surface area contributed by atoms with E-state index in [0.29, 0.717) is 27.7 Å². The van der Waals surface area contributed by atoms with E-state index >= 15 is 0 Å². The predicted molar refractivity (Wildman–Crippen MR) is 188 cm³/mol. The van der Waals surface area contributed by atoms with E-state index < -0.39 is 17.1 Å². The lowest BCUT2D eigenvalue weighted by Crippen LogP contribution is -2.30. The van der Waals surface area contributed by atoms with Gasteiger partial charge in [-0.3, -0.25) is 14.4 Å². The summed E-state index contributed by atoms with van der Waals surface area (Å²) in [6, 6.07) is 30.5. The topological polar surface area (TPSA) is 119 Å². The van der Waals surface area contributed by atoms with Gasteiger partial charge in [0.05, 0.1) is 25.2 Å². The Kier molecular flexibility index (Phi) is 11.1. The van der Waals surface area contributed by atoms with Gasteiger partial charge in [0.15, 0.2) is 5.13 Å². The number of nitrogens with zero attached hydrogens (tertiary/aromatic N) is 1. The SMILES string of the molecule is COc1cccc(/C=C(\NC(=O)c2ccccc2)C(=O)Nc2ccc(SC(C)C(=O)Nc3nc(-c4cccc(OC)c4)cs3)cc2)c1. The van der Waals surface area contributed by atoms with Crippen molar-refractivity contribution in [3.63, 3.8) is 0 Å². The zero-order chi connectivity index (χ0) is 33.2. The fourth-order valence-electron chi connectivity index (χ4n) is 4.37. The van der Waals surface area contributed by atoms with Gasteiger partial charge in [-0.05, 0) is 79.2 Å². The number of benzene rings is 4. The number of carbonyl (C=O) groups excluding carboxylic acids is 3. The van der Waals surface area contributed by atoms with Crippen LogP contribution in [-0.4, -0.2) is 42.2 Å². The maximum absolute atomic E-state index is 13.4. The second kappa shape index (κ2) is 15.7. The first kappa shape index (κ1) is 33.0. The Morgan fingerprint density at radius 1 is 0.830 bits per heavy atom. The molecule has 4 aromatic carbocycles. The molecular formula is C36H32N4O5S2. The molecule has 0 spiro atoms. The van der Waals surface area contributed by atoms with E-state index in [1.165, 1.54) is 23.1 Å². The molecule has 1 atom stereocenters. The second-order valence-corrected chi connectivity index (χ2v) is 12.4. The third-order valence-electron chi connectivity index (χ3n) is 6.83. The highest BCUT2D eigenvalue weighted by Crippen LogP contribution is 2.29. The molecule has 1 heterocycles. The average Bonchev–Trinajstić information content (AvgIpc) is 3.57. The van der Waals surface area contributed by atoms with Gasteiger partial charge in [0, 0.05) is 27.1 Å². The summed E-state index contributed by atoms with van der Waals surface area (Å²) in [4.78, 5) is 44.7. The van der Waals surface area contributed by atoms with E-state index in [-0.39, 0.29) is 11.6 Å². The molecule has 0 saturated carbocycles. The van der Waals surface area contributed by atoms with E-state index in [0.717, 1.165) is 21.9 Å². The Balaban J connectivity index is 1.22. The molecule has 0 fully saturated rings. The van der Waals surface area contributed by atoms with Gasteiger partial charge >= 0.3 is 0 Å². The molecule has 5 rings (SSSR count). The largest absolute Gasteiger partial charge is 0.497 e. The number of thioether (sulfide) groups is 1. The third-order valence-corrected chi connectivity index (χ3v) is 8.70. The van der Waals surface area contributed by atoms with Crippen LogP contribution in [0.1, 0.15) is 22.8 Å². The van der Waals surface area contributed by atoms with Gasteiger partial charge in [0.2, 0.25) is 5.91 Å². The van der Waals surface area contributed by atoms with Crippen LogP contribution in [0.3, 0.4) is 0 Å². The van der Waals surface area contributed by atoms with Gasteiger partial charge in [-0.15, -0.1) is 23.1 Å². The number of carbonyl (C=O) groups is 3. The van der Waals surface area contributed by atoms with Crippen molar-refractivity contribution in [1.82, 2.24) is 10.3 Å². The molecule has 1 unspecified atom stereocenters. The molecule has 11 heteroatoms. The van der Waals surface area contributed by atoms with Crippen molar-refractivity contribution in [1.29, 1.82) is 0 Å². The van der Waals surface area contributed by atoms with Crippen LogP contribution in [0, 0.1) is 0 Å². The molecule has 0 radical (unpaired) electrons. The summed E-state index contributed by atoms with van der Waals surface area (Å²) in [6.45, 7) is 1.82. The summed E-state index contributed by atoms with van der Waals surface area (Å²) < 4.78 is 10.6. The number of aromatic nitrogens is 1. The van der Waals surface area contributed by atoms with Crippen LogP contribution in [0.5, 0.6) is 11.5 Å². The molecule has 0 aliphatic rings. The summed E-state index contributed by atoms with van der Waals surface area (Å²) in [5.74, 6) is 0.260. The maximum atomic E-state index is 13.4. The normalized spacial score (nSPS) is 11.7. The monoisotopic (exact) mass is 664 g/mol. The minimum absolute atomic E-state index is 0.0626. The minimum Gasteiger partial charge on any atom is -0.497 e. The van der Waals surface area contributed by atoms with Crippen LogP contribution in [0.15, 0.2) is 119 Å². The highest BCUT2D eigenvalue weighted by Gasteiger charge is 2.18. The molecule has 0 bridgehead atoms. The number of methoxy groups -OCH3 is 2. The van der Waals surface area contributed by atoms with E-state index in [4.69, 9.17) is 9.47 Å². The molecule has 0 saturated heterocycles. The number of amides is 3. The highest BCUT2D eigenvalue weighted by atomic mass is 32.2. The Hall–Kier alpha value is -5.39. The van der Waals surface area contributed by atoms with Crippen molar-refractivity contribution in [2.45, 2.75) is 17.1 Å². The molecule has 1 aromatic heterocycles. The number of anilines is 2. The minimum atomic E-state index is -0.498. The molecular weight excluding hydrogens is 633 g/mol. The fraction of sp³-hybridized carbons (Fsp3) is 0.111. The first-order valence-corrected chi connectivity index (χ1v) is 16.3. The standard InChI is InChI=1S/C36H32N4O5S2/c1-23(33(41)40-36-39-32(22-46-36)26-12-8-14-29(21-26)45-3)47-30-17-15-27(16-18-30)37-35(43)31(20-24-9-7-13-28(19-24)44-2)38-34(42)25-10-5-4-6-11-25/h4-23H,1-3H3,(H,37,43)(H,38,42)(H,39,40,41)/b31-20-. The lowest BCUT2D eigenvalue weighted by molar-refractivity contribution is -0.115. The fourth-order valence-corrected chi connectivity index (χ4v) is 5.96. The zero-order valence-corrected chi connectivity index (χ0v) is 27.5. The quantitative estimate of drug-likeness (QED) is 0.0943. The Morgan fingerprint density at radius 2 is 1.53 bits per heavy atom. The van der Waals surface area contributed by atoms with Crippen LogP contribution in [0.2, 0.25) is 0 Å². The van der Waals surface area contributed by atoms with Gasteiger partial charge in [-0.1, -0.05) is 42.5 Å². The van der Waals surface area contributed by atoms with Crippen molar-refractivity contribution >= 4 is 57.7 Å². The Bertz CT molecular complexity index is 1890. The molecule has 3 amide bonds. The summed E-state index contributed by atoms with van der Waals surface area (Å²) in [6.07, 6.45) is 1.59. The Morgan fingerprint density at radius 3 is 2.26 bits per heavy atom. The van der Waals surface area contributed by atoms with E-state index in [9.17, 15) is 14.4 Å². The molecule has 47 heavy (non-hydrogen) atoms. The highest BCUT2D eigenvalue weighted by molar-refractivity contribution is 8.00. The van der Waals surface area contributed by atoms with Gasteiger partial charge in [0.25, 0.3) is 11.8 Å². The maximum Gasteiger partial charge on any atom is 0.272 e. The van der Waals surface area contributed by atoms with E-state index in [1.54, 1.807) is 74.9 Å². The summed E-state index contributed by atoms with van der Waals surface area (Å²) >= 11 is 2.73. The van der Waals surface area contributed by atoms with E-state index in [2.05, 4.69) is 20.9 Å². The first-order chi connectivity index (χ1) is 22.8. The van der Waals surface area contributed by atoms with Gasteiger partial charge in [-0.25, -0.2) is 4.98 Å². The molecule has 5 aromatic rings.